The molecule has 0 aliphatic rings. The number of esters is 1. The fourth-order valence-electron chi connectivity index (χ4n) is 4.20. The number of benzene rings is 2. The Morgan fingerprint density at radius 2 is 1.84 bits per heavy atom. The van der Waals surface area contributed by atoms with E-state index in [9.17, 15) is 18.8 Å². The number of ether oxygens (including phenoxy) is 2. The minimum absolute atomic E-state index is 0.00266. The van der Waals surface area contributed by atoms with Gasteiger partial charge in [-0.3, -0.25) is 14.4 Å². The summed E-state index contributed by atoms with van der Waals surface area (Å²) in [6.45, 7) is 5.60. The van der Waals surface area contributed by atoms with Crippen LogP contribution in [-0.4, -0.2) is 38.5 Å². The first kappa shape index (κ1) is 30.7. The van der Waals surface area contributed by atoms with Gasteiger partial charge in [0.05, 0.1) is 12.0 Å². The third kappa shape index (κ3) is 8.14. The van der Waals surface area contributed by atoms with E-state index in [4.69, 9.17) is 15.9 Å². The van der Waals surface area contributed by atoms with Crippen LogP contribution in [0, 0.1) is 18.2 Å². The summed E-state index contributed by atoms with van der Waals surface area (Å²) < 4.78 is 24.5. The highest BCUT2D eigenvalue weighted by atomic mass is 19.1. The van der Waals surface area contributed by atoms with E-state index in [1.165, 1.54) is 24.3 Å². The van der Waals surface area contributed by atoms with E-state index < -0.39 is 24.1 Å². The van der Waals surface area contributed by atoms with E-state index in [1.807, 2.05) is 20.8 Å². The molecule has 0 bridgehead atoms. The van der Waals surface area contributed by atoms with Crippen molar-refractivity contribution in [2.45, 2.75) is 45.4 Å². The van der Waals surface area contributed by atoms with Crippen molar-refractivity contribution in [2.75, 3.05) is 6.79 Å². The molecule has 0 aliphatic heterocycles. The molecule has 220 valence electrons. The van der Waals surface area contributed by atoms with Gasteiger partial charge in [0, 0.05) is 35.1 Å². The first-order valence-electron chi connectivity index (χ1n) is 13.5. The number of nitrogens with zero attached hydrogens (tertiary/aromatic N) is 2. The standard InChI is InChI=1S/C33H31FN4O5/c1-5-6-7-14-28(39)42-20-43-32-27(18-25-30(33(2,3)4)36-19-35-25)37-31(41)26(38-32)16-21-10-8-11-22(15-21)29(40)23-12-9-13-24(34)17-23/h1,8-13,15-19H,6-7,14,20H2,2-4H3,(H,35,36)(H,37,41)/b26-16-,27-18-. The second-order valence-electron chi connectivity index (χ2n) is 10.7. The highest BCUT2D eigenvalue weighted by Crippen LogP contribution is 2.23. The maximum absolute atomic E-state index is 13.7. The number of aromatic amines is 2. The Morgan fingerprint density at radius 1 is 1.09 bits per heavy atom. The summed E-state index contributed by atoms with van der Waals surface area (Å²) in [4.78, 5) is 52.8. The van der Waals surface area contributed by atoms with Gasteiger partial charge in [0.15, 0.2) is 5.78 Å². The van der Waals surface area contributed by atoms with E-state index in [0.29, 0.717) is 29.7 Å². The topological polar surface area (TPSA) is 127 Å². The predicted octanol–water partition coefficient (Wildman–Crippen LogP) is 3.50. The average Bonchev–Trinajstić information content (AvgIpc) is 3.44. The van der Waals surface area contributed by atoms with Crippen molar-refractivity contribution in [3.8, 4) is 18.2 Å². The van der Waals surface area contributed by atoms with E-state index in [1.54, 1.807) is 36.7 Å². The molecule has 2 aromatic heterocycles. The maximum atomic E-state index is 13.7. The van der Waals surface area contributed by atoms with Crippen LogP contribution in [0.3, 0.4) is 0 Å². The number of imidazole rings is 1. The summed E-state index contributed by atoms with van der Waals surface area (Å²) in [5.74, 6) is 1.09. The molecule has 0 radical (unpaired) electrons. The molecule has 43 heavy (non-hydrogen) atoms. The molecule has 0 fully saturated rings. The number of hydrogen-bond acceptors (Lipinski definition) is 7. The molecule has 0 saturated carbocycles. The van der Waals surface area contributed by atoms with Crippen molar-refractivity contribution in [1.29, 1.82) is 0 Å². The second-order valence-corrected chi connectivity index (χ2v) is 10.7. The summed E-state index contributed by atoms with van der Waals surface area (Å²) in [7, 11) is 0. The second kappa shape index (κ2) is 13.6. The lowest BCUT2D eigenvalue weighted by Crippen LogP contribution is -2.38. The molecule has 4 rings (SSSR count). The predicted molar refractivity (Wildman–Crippen MR) is 159 cm³/mol. The molecule has 4 aromatic rings. The van der Waals surface area contributed by atoms with Gasteiger partial charge in [-0.1, -0.05) is 51.1 Å². The zero-order valence-electron chi connectivity index (χ0n) is 24.1. The van der Waals surface area contributed by atoms with Gasteiger partial charge in [0.2, 0.25) is 12.7 Å². The Labute approximate surface area is 247 Å². The van der Waals surface area contributed by atoms with Crippen molar-refractivity contribution in [3.63, 3.8) is 0 Å². The number of ketones is 1. The molecule has 2 aromatic carbocycles. The van der Waals surface area contributed by atoms with Gasteiger partial charge in [-0.2, -0.15) is 0 Å². The van der Waals surface area contributed by atoms with Crippen LogP contribution in [0.15, 0.2) is 59.7 Å². The summed E-state index contributed by atoms with van der Waals surface area (Å²) in [6.07, 6.45) is 11.0. The first-order chi connectivity index (χ1) is 20.5. The van der Waals surface area contributed by atoms with E-state index in [2.05, 4.69) is 25.9 Å². The number of rotatable bonds is 10. The van der Waals surface area contributed by atoms with Crippen molar-refractivity contribution < 1.29 is 23.5 Å². The number of H-pyrrole nitrogens is 2. The third-order valence-corrected chi connectivity index (χ3v) is 6.29. The molecule has 2 N–H and O–H groups in total. The van der Waals surface area contributed by atoms with Crippen molar-refractivity contribution in [3.05, 3.63) is 110 Å². The normalized spacial score (nSPS) is 12.2. The lowest BCUT2D eigenvalue weighted by molar-refractivity contribution is -0.150. The molecule has 0 aliphatic carbocycles. The Kier molecular flexibility index (Phi) is 9.68. The van der Waals surface area contributed by atoms with Crippen LogP contribution < -0.4 is 21.0 Å². The number of hydrogen-bond donors (Lipinski definition) is 2. The molecule has 0 atom stereocenters. The summed E-state index contributed by atoms with van der Waals surface area (Å²) in [5.41, 5.74) is 1.61. The van der Waals surface area contributed by atoms with Crippen LogP contribution >= 0.6 is 0 Å². The molecule has 9 nitrogen and oxygen atoms in total. The number of halogens is 1. The summed E-state index contributed by atoms with van der Waals surface area (Å²) in [5, 5.41) is 0.207. The molecule has 0 spiro atoms. The first-order valence-corrected chi connectivity index (χ1v) is 13.5. The molecule has 2 heterocycles. The molecular formula is C33H31FN4O5. The Hall–Kier alpha value is -5.30. The van der Waals surface area contributed by atoms with Crippen LogP contribution in [0.2, 0.25) is 0 Å². The van der Waals surface area contributed by atoms with Gasteiger partial charge in [-0.25, -0.2) is 14.4 Å². The Balaban J connectivity index is 1.72. The highest BCUT2D eigenvalue weighted by molar-refractivity contribution is 6.09. The number of terminal acetylenes is 1. The molecule has 0 unspecified atom stereocenters. The molecule has 0 saturated heterocycles. The van der Waals surface area contributed by atoms with Crippen molar-refractivity contribution in [1.82, 2.24) is 19.9 Å². The molecular weight excluding hydrogens is 551 g/mol. The minimum atomic E-state index is -0.528. The van der Waals surface area contributed by atoms with Gasteiger partial charge in [0.1, 0.15) is 16.5 Å². The SMILES string of the molecule is C#CCCCC(=O)OCOc1n/c(=C\c2cccc(C(=O)c3cccc(F)c3)c2)c(=O)[nH]/c1=C\c1nc[nH]c1C(C)(C)C. The monoisotopic (exact) mass is 582 g/mol. The van der Waals surface area contributed by atoms with E-state index in [0.717, 1.165) is 11.8 Å². The van der Waals surface area contributed by atoms with Crippen molar-refractivity contribution >= 4 is 23.9 Å². The van der Waals surface area contributed by atoms with E-state index in [-0.39, 0.29) is 39.8 Å². The van der Waals surface area contributed by atoms with E-state index >= 15 is 0 Å². The van der Waals surface area contributed by atoms with Crippen LogP contribution in [0.25, 0.3) is 12.2 Å². The molecule has 0 amide bonds. The van der Waals surface area contributed by atoms with Gasteiger partial charge in [0.25, 0.3) is 5.56 Å². The minimum Gasteiger partial charge on any atom is -0.438 e. The average molecular weight is 583 g/mol. The number of carbonyl (C=O) groups excluding carboxylic acids is 2. The number of aromatic nitrogens is 4. The third-order valence-electron chi connectivity index (χ3n) is 6.29. The quantitative estimate of drug-likeness (QED) is 0.0964. The Bertz CT molecular complexity index is 1860. The largest absolute Gasteiger partial charge is 0.438 e. The number of nitrogens with one attached hydrogen (secondary N) is 2. The fraction of sp³-hybridized carbons (Fsp3) is 0.242. The van der Waals surface area contributed by atoms with Crippen LogP contribution in [0.1, 0.15) is 72.9 Å². The van der Waals surface area contributed by atoms with Gasteiger partial charge < -0.3 is 19.4 Å². The fourth-order valence-corrected chi connectivity index (χ4v) is 4.20. The number of unbranched alkanes of at least 4 members (excludes halogenated alkanes) is 1. The molecule has 10 heteroatoms. The summed E-state index contributed by atoms with van der Waals surface area (Å²) in [6, 6.07) is 11.9. The van der Waals surface area contributed by atoms with Crippen LogP contribution in [0.5, 0.6) is 5.88 Å². The van der Waals surface area contributed by atoms with Crippen LogP contribution in [-0.2, 0) is 14.9 Å². The smallest absolute Gasteiger partial charge is 0.308 e. The number of carbonyl (C=O) groups is 2. The maximum Gasteiger partial charge on any atom is 0.308 e. The zero-order valence-corrected chi connectivity index (χ0v) is 24.1. The Morgan fingerprint density at radius 3 is 2.56 bits per heavy atom. The van der Waals surface area contributed by atoms with Gasteiger partial charge >= 0.3 is 5.97 Å². The van der Waals surface area contributed by atoms with Gasteiger partial charge in [-0.15, -0.1) is 12.3 Å². The lowest BCUT2D eigenvalue weighted by Gasteiger charge is -2.17. The zero-order chi connectivity index (χ0) is 31.0. The lowest BCUT2D eigenvalue weighted by atomic mass is 9.90. The van der Waals surface area contributed by atoms with Crippen LogP contribution in [0.4, 0.5) is 4.39 Å². The van der Waals surface area contributed by atoms with Gasteiger partial charge in [-0.05, 0) is 42.3 Å². The highest BCUT2D eigenvalue weighted by Gasteiger charge is 2.19. The summed E-state index contributed by atoms with van der Waals surface area (Å²) >= 11 is 0. The van der Waals surface area contributed by atoms with Crippen molar-refractivity contribution in [2.24, 2.45) is 0 Å².